The van der Waals surface area contributed by atoms with Gasteiger partial charge in [0.15, 0.2) is 0 Å². The molecule has 1 saturated heterocycles. The Bertz CT molecular complexity index is 2050. The van der Waals surface area contributed by atoms with Crippen molar-refractivity contribution in [3.63, 3.8) is 0 Å². The normalized spacial score (nSPS) is 18.7. The van der Waals surface area contributed by atoms with E-state index in [4.69, 9.17) is 0 Å². The topological polar surface area (TPSA) is 270 Å². The summed E-state index contributed by atoms with van der Waals surface area (Å²) in [6.07, 6.45) is 0.136. The Morgan fingerprint density at radius 2 is 1.44 bits per heavy atom. The average molecular weight is 893 g/mol. The summed E-state index contributed by atoms with van der Waals surface area (Å²) in [6, 6.07) is 13.2. The number of benzene rings is 3. The van der Waals surface area contributed by atoms with E-state index in [0.29, 0.717) is 30.7 Å². The molecule has 0 aliphatic carbocycles. The first-order valence-electron chi connectivity index (χ1n) is 21.2. The molecule has 0 unspecified atom stereocenters. The molecular formula is C44H60N8O10S. The van der Waals surface area contributed by atoms with Crippen molar-refractivity contribution in [1.82, 2.24) is 31.9 Å². The van der Waals surface area contributed by atoms with E-state index in [-0.39, 0.29) is 36.7 Å². The molecule has 4 rings (SSSR count). The molecule has 1 fully saturated rings. The van der Waals surface area contributed by atoms with Gasteiger partial charge in [-0.25, -0.2) is 0 Å². The van der Waals surface area contributed by atoms with Crippen LogP contribution in [0.25, 0.3) is 10.8 Å². The second-order valence-electron chi connectivity index (χ2n) is 16.0. The van der Waals surface area contributed by atoms with Gasteiger partial charge in [0.25, 0.3) is 5.69 Å². The van der Waals surface area contributed by atoms with Crippen molar-refractivity contribution in [2.75, 3.05) is 29.9 Å². The lowest BCUT2D eigenvalue weighted by atomic mass is 10.0. The fraction of sp³-hybridized carbons (Fsp3) is 0.500. The van der Waals surface area contributed by atoms with E-state index >= 15 is 0 Å². The van der Waals surface area contributed by atoms with Crippen LogP contribution in [0.1, 0.15) is 65.4 Å². The molecular weight excluding hydrogens is 833 g/mol. The maximum absolute atomic E-state index is 13.9. The minimum atomic E-state index is -1.57. The number of aliphatic hydroxyl groups excluding tert-OH is 2. The monoisotopic (exact) mass is 892 g/mol. The molecule has 1 aliphatic heterocycles. The number of amides is 6. The third kappa shape index (κ3) is 15.8. The van der Waals surface area contributed by atoms with Crippen LogP contribution in [0.4, 0.5) is 11.4 Å². The van der Waals surface area contributed by atoms with Crippen molar-refractivity contribution in [2.45, 2.75) is 109 Å². The average Bonchev–Trinajstić information content (AvgIpc) is 3.25. The lowest BCUT2D eigenvalue weighted by Crippen LogP contribution is -2.63. The van der Waals surface area contributed by atoms with Crippen molar-refractivity contribution >= 4 is 69.4 Å². The van der Waals surface area contributed by atoms with Gasteiger partial charge < -0.3 is 47.4 Å². The maximum Gasteiger partial charge on any atom is 0.269 e. The highest BCUT2D eigenvalue weighted by Gasteiger charge is 2.36. The molecule has 18 nitrogen and oxygen atoms in total. The quantitative estimate of drug-likeness (QED) is 0.0657. The molecule has 3 aromatic carbocycles. The van der Waals surface area contributed by atoms with Crippen LogP contribution in [0.5, 0.6) is 0 Å². The second kappa shape index (κ2) is 24.7. The molecule has 1 aliphatic rings. The van der Waals surface area contributed by atoms with Crippen LogP contribution in [0.2, 0.25) is 0 Å². The Labute approximate surface area is 371 Å². The molecule has 0 bridgehead atoms. The van der Waals surface area contributed by atoms with Crippen molar-refractivity contribution in [3.8, 4) is 0 Å². The third-order valence-electron chi connectivity index (χ3n) is 10.5. The Morgan fingerprint density at radius 1 is 0.794 bits per heavy atom. The van der Waals surface area contributed by atoms with Crippen LogP contribution in [0.15, 0.2) is 66.7 Å². The largest absolute Gasteiger partial charge is 0.391 e. The Morgan fingerprint density at radius 3 is 2.11 bits per heavy atom. The van der Waals surface area contributed by atoms with Gasteiger partial charge in [-0.05, 0) is 79.7 Å². The molecule has 0 saturated carbocycles. The van der Waals surface area contributed by atoms with E-state index in [1.807, 2.05) is 42.5 Å². The SMILES string of the molecule is CC(C)[C@H](NC(=O)[C@@H](NC(=O)[C@@H]1CSCCCCCC(=O)N[C@@H](CCNc2ccc3ccccc3c2)C(=O)N1)[C@@H](C)O)C(=O)N[C@H](C(=O)NCCc1ccc([N+](=O)[O-])cc1)[C@@H](C)O. The number of non-ortho nitro benzene ring substituents is 1. The molecule has 1 heterocycles. The highest BCUT2D eigenvalue weighted by Crippen LogP contribution is 2.19. The standard InChI is InChI=1S/C44H60N8O10S/c1-26(2)37(43(59)51-38(27(3)53)42(58)46-21-19-29-13-17-33(18-14-29)52(61)62)49-44(60)39(28(4)54)50-41(57)35-25-63-23-9-5-6-12-36(55)47-34(40(56)48-35)20-22-45-32-16-15-30-10-7-8-11-31(30)24-32/h7-8,10-11,13-18,24,26-28,34-35,37-39,45,53-54H,5-6,9,12,19-23,25H2,1-4H3,(H,46,58)(H,47,55)(H,48,56)(H,49,60)(H,50,57)(H,51,59)/t27-,28-,34+,35+,37+,38+,39+/m1/s1. The van der Waals surface area contributed by atoms with E-state index in [1.165, 1.54) is 37.7 Å². The minimum absolute atomic E-state index is 0.0772. The number of carbonyl (C=O) groups excluding carboxylic acids is 6. The molecule has 7 atom stereocenters. The van der Waals surface area contributed by atoms with Crippen LogP contribution in [-0.2, 0) is 35.2 Å². The summed E-state index contributed by atoms with van der Waals surface area (Å²) in [5.74, 6) is -3.87. The van der Waals surface area contributed by atoms with Crippen LogP contribution in [0.3, 0.4) is 0 Å². The zero-order valence-corrected chi connectivity index (χ0v) is 36.9. The van der Waals surface area contributed by atoms with Crippen LogP contribution in [0, 0.1) is 16.0 Å². The fourth-order valence-electron chi connectivity index (χ4n) is 6.83. The first-order chi connectivity index (χ1) is 30.0. The molecule has 3 aromatic rings. The van der Waals surface area contributed by atoms with E-state index in [9.17, 15) is 49.1 Å². The zero-order valence-electron chi connectivity index (χ0n) is 36.1. The Balaban J connectivity index is 1.40. The van der Waals surface area contributed by atoms with Crippen molar-refractivity contribution in [2.24, 2.45) is 5.92 Å². The number of carbonyl (C=O) groups is 6. The predicted octanol–water partition coefficient (Wildman–Crippen LogP) is 2.06. The Hall–Kier alpha value is -5.79. The third-order valence-corrected chi connectivity index (χ3v) is 11.7. The van der Waals surface area contributed by atoms with Gasteiger partial charge in [0.1, 0.15) is 30.2 Å². The number of aliphatic hydroxyl groups is 2. The number of rotatable bonds is 18. The van der Waals surface area contributed by atoms with Gasteiger partial charge in [-0.1, -0.05) is 62.7 Å². The zero-order chi connectivity index (χ0) is 46.1. The summed E-state index contributed by atoms with van der Waals surface area (Å²) >= 11 is 1.42. The number of nitrogens with zero attached hydrogens (tertiary/aromatic N) is 1. The maximum atomic E-state index is 13.9. The summed E-state index contributed by atoms with van der Waals surface area (Å²) in [5, 5.41) is 53.3. The number of thioether (sulfide) groups is 1. The molecule has 19 heteroatoms. The van der Waals surface area contributed by atoms with Gasteiger partial charge in [-0.2, -0.15) is 11.8 Å². The molecule has 6 amide bonds. The van der Waals surface area contributed by atoms with Crippen LogP contribution < -0.4 is 37.2 Å². The molecule has 0 radical (unpaired) electrons. The molecule has 0 spiro atoms. The van der Waals surface area contributed by atoms with Gasteiger partial charge in [0.2, 0.25) is 35.4 Å². The number of fused-ring (bicyclic) bond motifs is 1. The van der Waals surface area contributed by atoms with Gasteiger partial charge in [0, 0.05) is 43.1 Å². The summed E-state index contributed by atoms with van der Waals surface area (Å²) in [7, 11) is 0. The number of nitrogens with one attached hydrogen (secondary N) is 7. The van der Waals surface area contributed by atoms with E-state index in [0.717, 1.165) is 29.3 Å². The molecule has 342 valence electrons. The van der Waals surface area contributed by atoms with Crippen LogP contribution >= 0.6 is 11.8 Å². The first kappa shape index (κ1) is 49.9. The lowest BCUT2D eigenvalue weighted by molar-refractivity contribution is -0.384. The number of hydrogen-bond donors (Lipinski definition) is 9. The number of nitro benzene ring substituents is 1. The highest BCUT2D eigenvalue weighted by atomic mass is 32.2. The molecule has 63 heavy (non-hydrogen) atoms. The summed E-state index contributed by atoms with van der Waals surface area (Å²) in [5.41, 5.74) is 1.47. The van der Waals surface area contributed by atoms with E-state index < -0.39 is 82.8 Å². The number of nitro groups is 1. The van der Waals surface area contributed by atoms with Gasteiger partial charge >= 0.3 is 0 Å². The van der Waals surface area contributed by atoms with Gasteiger partial charge in [0.05, 0.1) is 17.1 Å². The van der Waals surface area contributed by atoms with Gasteiger partial charge in [-0.3, -0.25) is 38.9 Å². The Kier molecular flexibility index (Phi) is 19.6. The summed E-state index contributed by atoms with van der Waals surface area (Å²) in [4.78, 5) is 91.4. The van der Waals surface area contributed by atoms with E-state index in [1.54, 1.807) is 26.0 Å². The van der Waals surface area contributed by atoms with Crippen molar-refractivity contribution in [3.05, 3.63) is 82.4 Å². The molecule has 9 N–H and O–H groups in total. The number of hydrogen-bond acceptors (Lipinski definition) is 12. The van der Waals surface area contributed by atoms with Crippen molar-refractivity contribution < 1.29 is 43.9 Å². The lowest BCUT2D eigenvalue weighted by Gasteiger charge is -2.29. The highest BCUT2D eigenvalue weighted by molar-refractivity contribution is 7.99. The molecule has 0 aromatic heterocycles. The van der Waals surface area contributed by atoms with E-state index in [2.05, 4.69) is 37.2 Å². The second-order valence-corrected chi connectivity index (χ2v) is 17.1. The summed E-state index contributed by atoms with van der Waals surface area (Å²) < 4.78 is 0. The minimum Gasteiger partial charge on any atom is -0.391 e. The van der Waals surface area contributed by atoms with Crippen molar-refractivity contribution in [1.29, 1.82) is 0 Å². The van der Waals surface area contributed by atoms with Gasteiger partial charge in [-0.15, -0.1) is 0 Å². The number of anilines is 1. The predicted molar refractivity (Wildman–Crippen MR) is 241 cm³/mol. The fourth-order valence-corrected chi connectivity index (χ4v) is 7.87. The summed E-state index contributed by atoms with van der Waals surface area (Å²) in [6.45, 7) is 6.27. The first-order valence-corrected chi connectivity index (χ1v) is 22.4. The smallest absolute Gasteiger partial charge is 0.269 e. The van der Waals surface area contributed by atoms with Crippen LogP contribution in [-0.4, -0.2) is 118 Å².